The number of rotatable bonds is 4. The SMILES string of the molecule is CC1CC(C)CC(Nc2cccnc2OC(C)C)C1. The molecule has 1 fully saturated rings. The highest BCUT2D eigenvalue weighted by molar-refractivity contribution is 5.52. The molecule has 19 heavy (non-hydrogen) atoms. The van der Waals surface area contributed by atoms with Crippen molar-refractivity contribution in [1.29, 1.82) is 0 Å². The van der Waals surface area contributed by atoms with Gasteiger partial charge in [-0.25, -0.2) is 4.98 Å². The first-order chi connectivity index (χ1) is 9.04. The van der Waals surface area contributed by atoms with Gasteiger partial charge in [-0.15, -0.1) is 0 Å². The largest absolute Gasteiger partial charge is 0.473 e. The summed E-state index contributed by atoms with van der Waals surface area (Å²) in [5, 5.41) is 3.63. The summed E-state index contributed by atoms with van der Waals surface area (Å²) in [5.74, 6) is 2.32. The monoisotopic (exact) mass is 262 g/mol. The van der Waals surface area contributed by atoms with E-state index in [1.165, 1.54) is 19.3 Å². The molecule has 0 aliphatic heterocycles. The van der Waals surface area contributed by atoms with Gasteiger partial charge in [-0.2, -0.15) is 0 Å². The quantitative estimate of drug-likeness (QED) is 0.886. The molecule has 0 aromatic carbocycles. The lowest BCUT2D eigenvalue weighted by Crippen LogP contribution is -2.30. The van der Waals surface area contributed by atoms with E-state index in [9.17, 15) is 0 Å². The Balaban J connectivity index is 2.05. The van der Waals surface area contributed by atoms with E-state index in [0.717, 1.165) is 23.4 Å². The third-order valence-corrected chi connectivity index (χ3v) is 3.66. The van der Waals surface area contributed by atoms with Crippen LogP contribution in [0.3, 0.4) is 0 Å². The van der Waals surface area contributed by atoms with Gasteiger partial charge in [0.05, 0.1) is 11.8 Å². The smallest absolute Gasteiger partial charge is 0.237 e. The van der Waals surface area contributed by atoms with E-state index in [0.29, 0.717) is 6.04 Å². The topological polar surface area (TPSA) is 34.2 Å². The summed E-state index contributed by atoms with van der Waals surface area (Å²) < 4.78 is 5.77. The molecule has 1 aliphatic carbocycles. The molecule has 0 saturated heterocycles. The summed E-state index contributed by atoms with van der Waals surface area (Å²) in [7, 11) is 0. The van der Waals surface area contributed by atoms with E-state index in [1.807, 2.05) is 19.9 Å². The van der Waals surface area contributed by atoms with Crippen molar-refractivity contribution in [2.45, 2.75) is 59.1 Å². The lowest BCUT2D eigenvalue weighted by atomic mass is 9.80. The van der Waals surface area contributed by atoms with Gasteiger partial charge in [-0.3, -0.25) is 0 Å². The molecule has 1 N–H and O–H groups in total. The van der Waals surface area contributed by atoms with Gasteiger partial charge in [0.15, 0.2) is 0 Å². The van der Waals surface area contributed by atoms with Crippen molar-refractivity contribution in [1.82, 2.24) is 4.98 Å². The van der Waals surface area contributed by atoms with Crippen molar-refractivity contribution in [3.05, 3.63) is 18.3 Å². The molecular formula is C16H26N2O. The van der Waals surface area contributed by atoms with Crippen LogP contribution in [0, 0.1) is 11.8 Å². The van der Waals surface area contributed by atoms with Crippen molar-refractivity contribution in [3.63, 3.8) is 0 Å². The molecule has 1 heterocycles. The van der Waals surface area contributed by atoms with Gasteiger partial charge < -0.3 is 10.1 Å². The van der Waals surface area contributed by atoms with Gasteiger partial charge >= 0.3 is 0 Å². The number of ether oxygens (including phenoxy) is 1. The zero-order valence-electron chi connectivity index (χ0n) is 12.5. The van der Waals surface area contributed by atoms with Crippen LogP contribution in [0.1, 0.15) is 47.0 Å². The molecule has 2 rings (SSSR count). The first-order valence-corrected chi connectivity index (χ1v) is 7.42. The minimum absolute atomic E-state index is 0.152. The van der Waals surface area contributed by atoms with Crippen LogP contribution >= 0.6 is 0 Å². The Morgan fingerprint density at radius 3 is 2.53 bits per heavy atom. The maximum Gasteiger partial charge on any atom is 0.237 e. The molecule has 106 valence electrons. The van der Waals surface area contributed by atoms with Crippen molar-refractivity contribution in [3.8, 4) is 5.88 Å². The predicted molar refractivity (Wildman–Crippen MR) is 79.6 cm³/mol. The average molecular weight is 262 g/mol. The molecule has 0 bridgehead atoms. The minimum atomic E-state index is 0.152. The zero-order chi connectivity index (χ0) is 13.8. The van der Waals surface area contributed by atoms with Gasteiger partial charge in [0.1, 0.15) is 0 Å². The molecular weight excluding hydrogens is 236 g/mol. The number of pyridine rings is 1. The molecule has 1 aromatic heterocycles. The van der Waals surface area contributed by atoms with Crippen molar-refractivity contribution >= 4 is 5.69 Å². The van der Waals surface area contributed by atoms with Crippen LogP contribution < -0.4 is 10.1 Å². The maximum absolute atomic E-state index is 5.77. The first kappa shape index (κ1) is 14.2. The molecule has 2 atom stereocenters. The van der Waals surface area contributed by atoms with E-state index in [4.69, 9.17) is 4.74 Å². The summed E-state index contributed by atoms with van der Waals surface area (Å²) in [6.45, 7) is 8.75. The predicted octanol–water partition coefficient (Wildman–Crippen LogP) is 4.11. The molecule has 1 saturated carbocycles. The fourth-order valence-electron chi connectivity index (χ4n) is 3.10. The second kappa shape index (κ2) is 6.27. The highest BCUT2D eigenvalue weighted by Gasteiger charge is 2.24. The zero-order valence-corrected chi connectivity index (χ0v) is 12.5. The third-order valence-electron chi connectivity index (χ3n) is 3.66. The lowest BCUT2D eigenvalue weighted by Gasteiger charge is -2.32. The normalized spacial score (nSPS) is 27.3. The van der Waals surface area contributed by atoms with Crippen molar-refractivity contribution in [2.75, 3.05) is 5.32 Å². The fraction of sp³-hybridized carbons (Fsp3) is 0.688. The molecule has 3 nitrogen and oxygen atoms in total. The number of nitrogens with zero attached hydrogens (tertiary/aromatic N) is 1. The molecule has 0 spiro atoms. The van der Waals surface area contributed by atoms with Gasteiger partial charge in [0, 0.05) is 12.2 Å². The summed E-state index contributed by atoms with van der Waals surface area (Å²) >= 11 is 0. The minimum Gasteiger partial charge on any atom is -0.473 e. The van der Waals surface area contributed by atoms with E-state index in [2.05, 4.69) is 30.2 Å². The van der Waals surface area contributed by atoms with Crippen LogP contribution in [0.5, 0.6) is 5.88 Å². The number of aromatic nitrogens is 1. The maximum atomic E-state index is 5.77. The van der Waals surface area contributed by atoms with Crippen LogP contribution in [0.15, 0.2) is 18.3 Å². The second-order valence-corrected chi connectivity index (χ2v) is 6.28. The van der Waals surface area contributed by atoms with Crippen LogP contribution in [0.25, 0.3) is 0 Å². The Morgan fingerprint density at radius 2 is 1.89 bits per heavy atom. The highest BCUT2D eigenvalue weighted by atomic mass is 16.5. The Morgan fingerprint density at radius 1 is 1.21 bits per heavy atom. The van der Waals surface area contributed by atoms with Gasteiger partial charge in [-0.05, 0) is 57.1 Å². The van der Waals surface area contributed by atoms with E-state index >= 15 is 0 Å². The van der Waals surface area contributed by atoms with Crippen LogP contribution in [-0.4, -0.2) is 17.1 Å². The number of nitrogens with one attached hydrogen (secondary N) is 1. The van der Waals surface area contributed by atoms with E-state index in [1.54, 1.807) is 6.20 Å². The van der Waals surface area contributed by atoms with Crippen LogP contribution in [0.4, 0.5) is 5.69 Å². The fourth-order valence-corrected chi connectivity index (χ4v) is 3.10. The average Bonchev–Trinajstić information content (AvgIpc) is 2.29. The first-order valence-electron chi connectivity index (χ1n) is 7.42. The molecule has 1 aliphatic rings. The molecule has 0 radical (unpaired) electrons. The van der Waals surface area contributed by atoms with Crippen molar-refractivity contribution in [2.24, 2.45) is 11.8 Å². The summed E-state index contributed by atoms with van der Waals surface area (Å²) in [5.41, 5.74) is 1.03. The van der Waals surface area contributed by atoms with E-state index in [-0.39, 0.29) is 6.10 Å². The summed E-state index contributed by atoms with van der Waals surface area (Å²) in [4.78, 5) is 4.34. The highest BCUT2D eigenvalue weighted by Crippen LogP contribution is 2.32. The molecule has 2 unspecified atom stereocenters. The third kappa shape index (κ3) is 4.12. The van der Waals surface area contributed by atoms with Gasteiger partial charge in [0.25, 0.3) is 0 Å². The molecule has 0 amide bonds. The van der Waals surface area contributed by atoms with Crippen molar-refractivity contribution < 1.29 is 4.74 Å². The number of hydrogen-bond donors (Lipinski definition) is 1. The second-order valence-electron chi connectivity index (χ2n) is 6.28. The summed E-state index contributed by atoms with van der Waals surface area (Å²) in [6, 6.07) is 4.57. The van der Waals surface area contributed by atoms with Crippen LogP contribution in [-0.2, 0) is 0 Å². The Labute approximate surface area is 116 Å². The summed E-state index contributed by atoms with van der Waals surface area (Å²) in [6.07, 6.45) is 5.76. The van der Waals surface area contributed by atoms with Gasteiger partial charge in [-0.1, -0.05) is 13.8 Å². The number of hydrogen-bond acceptors (Lipinski definition) is 3. The van der Waals surface area contributed by atoms with Gasteiger partial charge in [0.2, 0.25) is 5.88 Å². The molecule has 1 aromatic rings. The van der Waals surface area contributed by atoms with Crippen LogP contribution in [0.2, 0.25) is 0 Å². The lowest BCUT2D eigenvalue weighted by molar-refractivity contribution is 0.232. The Kier molecular flexibility index (Phi) is 4.67. The standard InChI is InChI=1S/C16H26N2O/c1-11(2)19-16-15(6-5-7-17-16)18-14-9-12(3)8-13(4)10-14/h5-7,11-14,18H,8-10H2,1-4H3. The Bertz CT molecular complexity index is 395. The number of anilines is 1. The Hall–Kier alpha value is -1.25. The van der Waals surface area contributed by atoms with E-state index < -0.39 is 0 Å². The molecule has 3 heteroatoms.